The summed E-state index contributed by atoms with van der Waals surface area (Å²) in [6.07, 6.45) is 1.14. The van der Waals surface area contributed by atoms with Crippen molar-refractivity contribution < 1.29 is 18.0 Å². The Balaban J connectivity index is 2.07. The van der Waals surface area contributed by atoms with Gasteiger partial charge in [-0.15, -0.1) is 0 Å². The van der Waals surface area contributed by atoms with E-state index >= 15 is 0 Å². The summed E-state index contributed by atoms with van der Waals surface area (Å²) in [6.45, 7) is 9.20. The van der Waals surface area contributed by atoms with Gasteiger partial charge in [0.15, 0.2) is 0 Å². The fourth-order valence-electron chi connectivity index (χ4n) is 4.36. The molecular weight excluding hydrogens is 510 g/mol. The molecule has 0 heterocycles. The summed E-state index contributed by atoms with van der Waals surface area (Å²) in [5.41, 5.74) is 2.88. The van der Waals surface area contributed by atoms with E-state index in [-0.39, 0.29) is 23.4 Å². The number of amides is 2. The molecule has 0 aromatic heterocycles. The molecule has 0 aliphatic heterocycles. The predicted molar refractivity (Wildman–Crippen MR) is 156 cm³/mol. The largest absolute Gasteiger partial charge is 0.352 e. The number of hydrogen-bond acceptors (Lipinski definition) is 4. The summed E-state index contributed by atoms with van der Waals surface area (Å²) >= 11 is 0. The third kappa shape index (κ3) is 7.47. The van der Waals surface area contributed by atoms with Crippen LogP contribution in [0.3, 0.4) is 0 Å². The number of nitrogens with zero attached hydrogens (tertiary/aromatic N) is 2. The van der Waals surface area contributed by atoms with Crippen LogP contribution < -0.4 is 9.62 Å². The second-order valence-electron chi connectivity index (χ2n) is 9.86. The van der Waals surface area contributed by atoms with Crippen LogP contribution >= 0.6 is 0 Å². The van der Waals surface area contributed by atoms with E-state index in [0.717, 1.165) is 23.1 Å². The van der Waals surface area contributed by atoms with E-state index in [1.54, 1.807) is 24.3 Å². The molecule has 0 radical (unpaired) electrons. The first kappa shape index (κ1) is 29.9. The van der Waals surface area contributed by atoms with Crippen LogP contribution in [-0.4, -0.2) is 43.8 Å². The molecule has 3 aromatic rings. The number of carbonyl (C=O) groups is 2. The normalized spacial score (nSPS) is 12.8. The molecule has 3 aromatic carbocycles. The lowest BCUT2D eigenvalue weighted by atomic mass is 10.1. The first-order valence-electron chi connectivity index (χ1n) is 13.4. The lowest BCUT2D eigenvalue weighted by Gasteiger charge is -2.34. The van der Waals surface area contributed by atoms with Crippen LogP contribution in [0.1, 0.15) is 50.3 Å². The first-order chi connectivity index (χ1) is 18.6. The van der Waals surface area contributed by atoms with Crippen molar-refractivity contribution in [1.29, 1.82) is 0 Å². The molecule has 8 heteroatoms. The van der Waals surface area contributed by atoms with Gasteiger partial charge >= 0.3 is 0 Å². The fourth-order valence-corrected chi connectivity index (χ4v) is 5.85. The van der Waals surface area contributed by atoms with Crippen molar-refractivity contribution in [2.45, 2.75) is 71.0 Å². The van der Waals surface area contributed by atoms with Gasteiger partial charge in [-0.2, -0.15) is 0 Å². The van der Waals surface area contributed by atoms with Gasteiger partial charge in [-0.05, 0) is 68.5 Å². The zero-order valence-electron chi connectivity index (χ0n) is 23.4. The quantitative estimate of drug-likeness (QED) is 0.336. The van der Waals surface area contributed by atoms with Crippen molar-refractivity contribution in [3.8, 4) is 0 Å². The topological polar surface area (TPSA) is 86.8 Å². The van der Waals surface area contributed by atoms with E-state index in [0.29, 0.717) is 12.1 Å². The third-order valence-corrected chi connectivity index (χ3v) is 8.60. The molecular formula is C31H39N3O4S. The number of hydrogen-bond donors (Lipinski definition) is 1. The SMILES string of the molecule is CC[C@H](C)NC(=O)[C@H](CC)N(Cc1ccccc1)C(=O)CN(c1cc(C)ccc1C)S(=O)(=O)c1ccccc1. The predicted octanol–water partition coefficient (Wildman–Crippen LogP) is 5.22. The lowest BCUT2D eigenvalue weighted by molar-refractivity contribution is -0.140. The molecule has 1 N–H and O–H groups in total. The minimum Gasteiger partial charge on any atom is -0.352 e. The molecule has 0 spiro atoms. The second-order valence-corrected chi connectivity index (χ2v) is 11.7. The third-order valence-electron chi connectivity index (χ3n) is 6.83. The van der Waals surface area contributed by atoms with Gasteiger partial charge in [-0.3, -0.25) is 13.9 Å². The molecule has 208 valence electrons. The molecule has 0 unspecified atom stereocenters. The summed E-state index contributed by atoms with van der Waals surface area (Å²) in [5.74, 6) is -0.703. The van der Waals surface area contributed by atoms with Crippen LogP contribution in [0.2, 0.25) is 0 Å². The molecule has 7 nitrogen and oxygen atoms in total. The molecule has 0 saturated heterocycles. The Bertz CT molecular complexity index is 1360. The van der Waals surface area contributed by atoms with E-state index in [4.69, 9.17) is 0 Å². The van der Waals surface area contributed by atoms with Crippen LogP contribution in [0.4, 0.5) is 5.69 Å². The van der Waals surface area contributed by atoms with Gasteiger partial charge in [0, 0.05) is 12.6 Å². The van der Waals surface area contributed by atoms with Crippen molar-refractivity contribution in [2.24, 2.45) is 0 Å². The number of aryl methyl sites for hydroxylation is 2. The molecule has 39 heavy (non-hydrogen) atoms. The van der Waals surface area contributed by atoms with E-state index in [9.17, 15) is 18.0 Å². The van der Waals surface area contributed by atoms with Crippen LogP contribution in [0.25, 0.3) is 0 Å². The van der Waals surface area contributed by atoms with E-state index < -0.39 is 28.5 Å². The zero-order valence-corrected chi connectivity index (χ0v) is 24.2. The standard InChI is InChI=1S/C31H39N3O4S/c1-6-25(5)32-31(36)28(7-2)33(21-26-14-10-8-11-15-26)30(35)22-34(29-20-23(3)18-19-24(29)4)39(37,38)27-16-12-9-13-17-27/h8-20,25,28H,6-7,21-22H2,1-5H3,(H,32,36)/t25-,28-/m0/s1. The first-order valence-corrected chi connectivity index (χ1v) is 14.8. The Kier molecular flexibility index (Phi) is 10.3. The smallest absolute Gasteiger partial charge is 0.264 e. The summed E-state index contributed by atoms with van der Waals surface area (Å²) in [5, 5.41) is 2.99. The van der Waals surface area contributed by atoms with E-state index in [1.165, 1.54) is 21.3 Å². The van der Waals surface area contributed by atoms with Crippen molar-refractivity contribution in [3.63, 3.8) is 0 Å². The van der Waals surface area contributed by atoms with Crippen molar-refractivity contribution in [1.82, 2.24) is 10.2 Å². The fraction of sp³-hybridized carbons (Fsp3) is 0.355. The molecule has 2 amide bonds. The molecule has 0 aliphatic carbocycles. The number of nitrogens with one attached hydrogen (secondary N) is 1. The summed E-state index contributed by atoms with van der Waals surface area (Å²) in [4.78, 5) is 29.0. The number of rotatable bonds is 12. The minimum atomic E-state index is -4.09. The van der Waals surface area contributed by atoms with Gasteiger partial charge in [0.05, 0.1) is 10.6 Å². The Labute approximate surface area is 232 Å². The van der Waals surface area contributed by atoms with Gasteiger partial charge in [0.25, 0.3) is 10.0 Å². The van der Waals surface area contributed by atoms with Crippen molar-refractivity contribution in [2.75, 3.05) is 10.8 Å². The van der Waals surface area contributed by atoms with Gasteiger partial charge in [0.1, 0.15) is 12.6 Å². The maximum atomic E-state index is 14.1. The summed E-state index contributed by atoms with van der Waals surface area (Å²) in [7, 11) is -4.09. The number of sulfonamides is 1. The van der Waals surface area contributed by atoms with Crippen molar-refractivity contribution >= 4 is 27.5 Å². The maximum Gasteiger partial charge on any atom is 0.264 e. The van der Waals surface area contributed by atoms with Crippen LogP contribution in [0.15, 0.2) is 83.8 Å². The molecule has 0 fully saturated rings. The highest BCUT2D eigenvalue weighted by atomic mass is 32.2. The van der Waals surface area contributed by atoms with Crippen LogP contribution in [0.5, 0.6) is 0 Å². The molecule has 0 aliphatic rings. The summed E-state index contributed by atoms with van der Waals surface area (Å²) in [6, 6.07) is 22.2. The minimum absolute atomic E-state index is 0.0508. The zero-order chi connectivity index (χ0) is 28.6. The number of anilines is 1. The molecule has 0 bridgehead atoms. The highest BCUT2D eigenvalue weighted by Gasteiger charge is 2.34. The average molecular weight is 550 g/mol. The lowest BCUT2D eigenvalue weighted by Crippen LogP contribution is -2.53. The van der Waals surface area contributed by atoms with Crippen LogP contribution in [0, 0.1) is 13.8 Å². The van der Waals surface area contributed by atoms with E-state index in [2.05, 4.69) is 5.32 Å². The monoisotopic (exact) mass is 549 g/mol. The Morgan fingerprint density at radius 2 is 1.49 bits per heavy atom. The second kappa shape index (κ2) is 13.4. The van der Waals surface area contributed by atoms with Gasteiger partial charge < -0.3 is 10.2 Å². The van der Waals surface area contributed by atoms with Gasteiger partial charge in [-0.25, -0.2) is 8.42 Å². The van der Waals surface area contributed by atoms with E-state index in [1.807, 2.05) is 77.1 Å². The number of benzene rings is 3. The number of carbonyl (C=O) groups excluding carboxylic acids is 2. The van der Waals surface area contributed by atoms with Crippen LogP contribution in [-0.2, 0) is 26.2 Å². The molecule has 2 atom stereocenters. The Morgan fingerprint density at radius 3 is 2.08 bits per heavy atom. The maximum absolute atomic E-state index is 14.1. The molecule has 0 saturated carbocycles. The molecule has 3 rings (SSSR count). The Morgan fingerprint density at radius 1 is 0.872 bits per heavy atom. The van der Waals surface area contributed by atoms with Crippen molar-refractivity contribution in [3.05, 3.63) is 95.6 Å². The highest BCUT2D eigenvalue weighted by Crippen LogP contribution is 2.28. The van der Waals surface area contributed by atoms with Gasteiger partial charge in [-0.1, -0.05) is 74.5 Å². The summed E-state index contributed by atoms with van der Waals surface area (Å²) < 4.78 is 29.1. The highest BCUT2D eigenvalue weighted by molar-refractivity contribution is 7.92. The average Bonchev–Trinajstić information content (AvgIpc) is 2.93. The van der Waals surface area contributed by atoms with Gasteiger partial charge in [0.2, 0.25) is 11.8 Å². The Hall–Kier alpha value is -3.65.